The number of nitrogens with zero attached hydrogens (tertiary/aromatic N) is 3. The number of nitrogens with one attached hydrogen (secondary N) is 2. The molecule has 1 saturated heterocycles. The molecule has 2 atom stereocenters. The molecule has 0 bridgehead atoms. The van der Waals surface area contributed by atoms with Crippen LogP contribution in [0.3, 0.4) is 0 Å². The Balaban J connectivity index is 0.00000169. The quantitative estimate of drug-likeness (QED) is 0.778. The molecule has 1 aliphatic heterocycles. The van der Waals surface area contributed by atoms with Crippen molar-refractivity contribution in [1.29, 1.82) is 0 Å². The number of amides is 1. The van der Waals surface area contributed by atoms with Crippen LogP contribution in [-0.4, -0.2) is 40.3 Å². The summed E-state index contributed by atoms with van der Waals surface area (Å²) in [5.41, 5.74) is 2.32. The predicted octanol–water partition coefficient (Wildman–Crippen LogP) is 3.28. The minimum atomic E-state index is -0.0276. The minimum Gasteiger partial charge on any atom is -0.352 e. The number of carbonyl (C=O) groups is 1. The van der Waals surface area contributed by atoms with Crippen molar-refractivity contribution in [2.75, 3.05) is 19.6 Å². The fourth-order valence-electron chi connectivity index (χ4n) is 3.27. The van der Waals surface area contributed by atoms with E-state index < -0.39 is 0 Å². The highest BCUT2D eigenvalue weighted by Crippen LogP contribution is 2.22. The van der Waals surface area contributed by atoms with Gasteiger partial charge in [0, 0.05) is 12.2 Å². The summed E-state index contributed by atoms with van der Waals surface area (Å²) in [6, 6.07) is 2.12. The molecule has 3 rings (SSSR count). The van der Waals surface area contributed by atoms with Gasteiger partial charge in [-0.2, -0.15) is 5.10 Å². The van der Waals surface area contributed by atoms with Gasteiger partial charge in [0.1, 0.15) is 0 Å². The maximum atomic E-state index is 12.6. The van der Waals surface area contributed by atoms with Crippen LogP contribution in [0.4, 0.5) is 0 Å². The van der Waals surface area contributed by atoms with Gasteiger partial charge in [-0.25, -0.2) is 9.67 Å². The molecule has 26 heavy (non-hydrogen) atoms. The Kier molecular flexibility index (Phi) is 8.80. The van der Waals surface area contributed by atoms with Gasteiger partial charge in [0.15, 0.2) is 5.65 Å². The van der Waals surface area contributed by atoms with Gasteiger partial charge in [-0.05, 0) is 58.2 Å². The highest BCUT2D eigenvalue weighted by molar-refractivity contribution is 6.05. The topological polar surface area (TPSA) is 71.8 Å². The van der Waals surface area contributed by atoms with Crippen LogP contribution in [0, 0.1) is 12.8 Å². The average molecular weight is 402 g/mol. The molecule has 0 saturated carbocycles. The van der Waals surface area contributed by atoms with Crippen molar-refractivity contribution < 1.29 is 4.79 Å². The lowest BCUT2D eigenvalue weighted by molar-refractivity contribution is 0.0953. The van der Waals surface area contributed by atoms with Crippen LogP contribution in [0.15, 0.2) is 12.3 Å². The second kappa shape index (κ2) is 10.1. The third kappa shape index (κ3) is 4.87. The zero-order valence-corrected chi connectivity index (χ0v) is 17.3. The first kappa shape index (κ1) is 22.7. The molecule has 3 heterocycles. The Morgan fingerprint density at radius 3 is 2.88 bits per heavy atom. The standard InChI is InChI=1S/C18H27N5O.2ClH/c1-4-13(3)23-17-16(11-21-23)15(9-12(2)22-17)18(24)20-8-6-14-5-7-19-10-14;;/h9,11,13-14,19H,4-8,10H2,1-3H3,(H,20,24);2*1H. The molecule has 8 heteroatoms. The molecule has 2 aromatic heterocycles. The van der Waals surface area contributed by atoms with E-state index in [4.69, 9.17) is 0 Å². The summed E-state index contributed by atoms with van der Waals surface area (Å²) < 4.78 is 1.92. The largest absolute Gasteiger partial charge is 0.352 e. The fraction of sp³-hybridized carbons (Fsp3) is 0.611. The predicted molar refractivity (Wildman–Crippen MR) is 110 cm³/mol. The van der Waals surface area contributed by atoms with Crippen LogP contribution in [-0.2, 0) is 0 Å². The number of carbonyl (C=O) groups excluding carboxylic acids is 1. The number of hydrogen-bond acceptors (Lipinski definition) is 4. The molecule has 146 valence electrons. The molecule has 1 aliphatic rings. The first-order valence-corrected chi connectivity index (χ1v) is 8.94. The summed E-state index contributed by atoms with van der Waals surface area (Å²) in [5, 5.41) is 11.7. The van der Waals surface area contributed by atoms with E-state index in [0.717, 1.165) is 42.7 Å². The molecule has 6 nitrogen and oxygen atoms in total. The molecule has 2 N–H and O–H groups in total. The monoisotopic (exact) mass is 401 g/mol. The molecule has 2 aromatic rings. The molecule has 1 amide bonds. The summed E-state index contributed by atoms with van der Waals surface area (Å²) in [4.78, 5) is 17.2. The lowest BCUT2D eigenvalue weighted by Gasteiger charge is -2.12. The first-order valence-electron chi connectivity index (χ1n) is 8.94. The van der Waals surface area contributed by atoms with Gasteiger partial charge >= 0.3 is 0 Å². The van der Waals surface area contributed by atoms with Gasteiger partial charge in [-0.15, -0.1) is 24.8 Å². The number of fused-ring (bicyclic) bond motifs is 1. The molecule has 0 aliphatic carbocycles. The van der Waals surface area contributed by atoms with Crippen LogP contribution >= 0.6 is 24.8 Å². The van der Waals surface area contributed by atoms with Crippen LogP contribution in [0.25, 0.3) is 11.0 Å². The number of pyridine rings is 1. The van der Waals surface area contributed by atoms with E-state index in [1.807, 2.05) is 17.7 Å². The number of rotatable bonds is 6. The molecule has 0 aromatic carbocycles. The van der Waals surface area contributed by atoms with Gasteiger partial charge in [-0.3, -0.25) is 4.79 Å². The van der Waals surface area contributed by atoms with Gasteiger partial charge < -0.3 is 10.6 Å². The maximum Gasteiger partial charge on any atom is 0.252 e. The van der Waals surface area contributed by atoms with Gasteiger partial charge in [0.2, 0.25) is 0 Å². The summed E-state index contributed by atoms with van der Waals surface area (Å²) in [6.45, 7) is 9.04. The van der Waals surface area contributed by atoms with Crippen LogP contribution in [0.2, 0.25) is 0 Å². The van der Waals surface area contributed by atoms with Gasteiger partial charge in [-0.1, -0.05) is 6.92 Å². The van der Waals surface area contributed by atoms with Crippen molar-refractivity contribution in [3.05, 3.63) is 23.5 Å². The molecule has 0 radical (unpaired) electrons. The van der Waals surface area contributed by atoms with Crippen molar-refractivity contribution in [3.63, 3.8) is 0 Å². The second-order valence-electron chi connectivity index (χ2n) is 6.80. The normalized spacial score (nSPS) is 17.4. The Morgan fingerprint density at radius 1 is 1.46 bits per heavy atom. The molecule has 0 spiro atoms. The third-order valence-electron chi connectivity index (χ3n) is 4.95. The van der Waals surface area contributed by atoms with Crippen LogP contribution in [0.5, 0.6) is 0 Å². The minimum absolute atomic E-state index is 0. The molecule has 2 unspecified atom stereocenters. The summed E-state index contributed by atoms with van der Waals surface area (Å²) in [5.74, 6) is 0.651. The zero-order valence-electron chi connectivity index (χ0n) is 15.6. The van der Waals surface area contributed by atoms with E-state index >= 15 is 0 Å². The maximum absolute atomic E-state index is 12.6. The van der Waals surface area contributed by atoms with E-state index in [1.165, 1.54) is 6.42 Å². The summed E-state index contributed by atoms with van der Waals surface area (Å²) in [6.07, 6.45) is 4.97. The van der Waals surface area contributed by atoms with E-state index in [-0.39, 0.29) is 36.8 Å². The number of aryl methyl sites for hydroxylation is 1. The highest BCUT2D eigenvalue weighted by Gasteiger charge is 2.18. The van der Waals surface area contributed by atoms with Gasteiger partial charge in [0.25, 0.3) is 5.91 Å². The fourth-order valence-corrected chi connectivity index (χ4v) is 3.27. The Labute approximate surface area is 167 Å². The summed E-state index contributed by atoms with van der Waals surface area (Å²) >= 11 is 0. The summed E-state index contributed by atoms with van der Waals surface area (Å²) in [7, 11) is 0. The van der Waals surface area contributed by atoms with Crippen LogP contribution in [0.1, 0.15) is 55.2 Å². The van der Waals surface area contributed by atoms with Gasteiger partial charge in [0.05, 0.1) is 23.2 Å². The number of aromatic nitrogens is 3. The third-order valence-corrected chi connectivity index (χ3v) is 4.95. The van der Waals surface area contributed by atoms with Crippen molar-refractivity contribution >= 4 is 41.8 Å². The van der Waals surface area contributed by atoms with E-state index in [9.17, 15) is 4.79 Å². The highest BCUT2D eigenvalue weighted by atomic mass is 35.5. The van der Waals surface area contributed by atoms with Crippen LogP contribution < -0.4 is 10.6 Å². The smallest absolute Gasteiger partial charge is 0.252 e. The average Bonchev–Trinajstić information content (AvgIpc) is 3.22. The Morgan fingerprint density at radius 2 is 2.23 bits per heavy atom. The van der Waals surface area contributed by atoms with Crippen molar-refractivity contribution in [3.8, 4) is 0 Å². The zero-order chi connectivity index (χ0) is 17.1. The number of halogens is 2. The van der Waals surface area contributed by atoms with Crippen molar-refractivity contribution in [2.24, 2.45) is 5.92 Å². The molecule has 1 fully saturated rings. The van der Waals surface area contributed by atoms with Crippen molar-refractivity contribution in [2.45, 2.75) is 46.1 Å². The van der Waals surface area contributed by atoms with E-state index in [1.54, 1.807) is 6.20 Å². The Hall–Kier alpha value is -1.37. The molecular weight excluding hydrogens is 373 g/mol. The van der Waals surface area contributed by atoms with E-state index in [2.05, 4.69) is 34.6 Å². The lowest BCUT2D eigenvalue weighted by Crippen LogP contribution is -2.26. The Bertz CT molecular complexity index is 728. The lowest BCUT2D eigenvalue weighted by atomic mass is 10.1. The van der Waals surface area contributed by atoms with E-state index in [0.29, 0.717) is 18.0 Å². The SMILES string of the molecule is CCC(C)n1ncc2c(C(=O)NCCC3CCNC3)cc(C)nc21.Cl.Cl. The molecular formula is C18H29Cl2N5O. The van der Waals surface area contributed by atoms with Crippen molar-refractivity contribution in [1.82, 2.24) is 25.4 Å². The second-order valence-corrected chi connectivity index (χ2v) is 6.80. The number of hydrogen-bond donors (Lipinski definition) is 2. The first-order chi connectivity index (χ1) is 11.6.